The van der Waals surface area contributed by atoms with Crippen molar-refractivity contribution in [1.29, 1.82) is 0 Å². The Hall–Kier alpha value is -3.94. The van der Waals surface area contributed by atoms with E-state index in [0.29, 0.717) is 11.6 Å². The summed E-state index contributed by atoms with van der Waals surface area (Å²) in [5.41, 5.74) is 5.03. The van der Waals surface area contributed by atoms with Crippen molar-refractivity contribution in [2.24, 2.45) is 4.99 Å². The fraction of sp³-hybridized carbons (Fsp3) is 0.136. The van der Waals surface area contributed by atoms with Crippen LogP contribution >= 0.6 is 0 Å². The number of ether oxygens (including phenoxy) is 1. The number of nitrogens with one attached hydrogen (secondary N) is 2. The fourth-order valence-corrected chi connectivity index (χ4v) is 2.66. The van der Waals surface area contributed by atoms with Gasteiger partial charge < -0.3 is 14.9 Å². The van der Waals surface area contributed by atoms with E-state index in [1.165, 1.54) is 19.1 Å². The molecular weight excluding hydrogens is 387 g/mol. The molecule has 0 saturated carbocycles. The second-order valence-corrected chi connectivity index (χ2v) is 6.23. The number of benzene rings is 2. The molecule has 0 radical (unpaired) electrons. The van der Waals surface area contributed by atoms with Crippen LogP contribution in [0.1, 0.15) is 12.5 Å². The average Bonchev–Trinajstić information content (AvgIpc) is 2.76. The van der Waals surface area contributed by atoms with Crippen LogP contribution < -0.4 is 15.5 Å². The number of rotatable bonds is 5. The molecule has 0 aliphatic rings. The van der Waals surface area contributed by atoms with E-state index in [2.05, 4.69) is 20.8 Å². The lowest BCUT2D eigenvalue weighted by atomic mass is 10.1. The number of hydroxylamine groups is 1. The van der Waals surface area contributed by atoms with Crippen LogP contribution in [0.2, 0.25) is 0 Å². The smallest absolute Gasteiger partial charge is 0.329 e. The Bertz CT molecular complexity index is 1040. The van der Waals surface area contributed by atoms with Crippen molar-refractivity contribution < 1.29 is 18.8 Å². The molecule has 0 amide bonds. The first-order valence-electron chi connectivity index (χ1n) is 9.14. The van der Waals surface area contributed by atoms with E-state index in [1.807, 2.05) is 30.3 Å². The predicted molar refractivity (Wildman–Crippen MR) is 112 cm³/mol. The molecule has 7 nitrogen and oxygen atoms in total. The summed E-state index contributed by atoms with van der Waals surface area (Å²) in [7, 11) is 1.59. The minimum absolute atomic E-state index is 0.194. The minimum Gasteiger partial charge on any atom is -0.496 e. The number of hydrogen-bond acceptors (Lipinski definition) is 5. The largest absolute Gasteiger partial charge is 0.496 e. The van der Waals surface area contributed by atoms with Crippen LogP contribution in [0, 0.1) is 5.82 Å². The third-order valence-corrected chi connectivity index (χ3v) is 4.08. The van der Waals surface area contributed by atoms with Gasteiger partial charge in [-0.05, 0) is 41.5 Å². The van der Waals surface area contributed by atoms with Gasteiger partial charge in [0, 0.05) is 18.7 Å². The van der Waals surface area contributed by atoms with Crippen LogP contribution in [-0.2, 0) is 16.2 Å². The van der Waals surface area contributed by atoms with Crippen molar-refractivity contribution in [2.75, 3.05) is 12.4 Å². The summed E-state index contributed by atoms with van der Waals surface area (Å²) in [5.74, 6) is 0.539. The normalized spacial score (nSPS) is 11.0. The first kappa shape index (κ1) is 20.8. The molecule has 0 bridgehead atoms. The van der Waals surface area contributed by atoms with Crippen LogP contribution in [0.3, 0.4) is 0 Å². The number of para-hydroxylation sites is 1. The molecule has 1 aromatic heterocycles. The molecule has 0 aliphatic carbocycles. The Morgan fingerprint density at radius 3 is 2.60 bits per heavy atom. The summed E-state index contributed by atoms with van der Waals surface area (Å²) in [6, 6.07) is 17.2. The Morgan fingerprint density at radius 2 is 1.87 bits per heavy atom. The van der Waals surface area contributed by atoms with Gasteiger partial charge in [-0.1, -0.05) is 30.3 Å². The van der Waals surface area contributed by atoms with Gasteiger partial charge in [-0.15, -0.1) is 0 Å². The molecule has 3 aromatic rings. The number of aromatic nitrogens is 1. The maximum atomic E-state index is 13.2. The highest BCUT2D eigenvalue weighted by Crippen LogP contribution is 2.22. The highest BCUT2D eigenvalue weighted by atomic mass is 19.1. The zero-order chi connectivity index (χ0) is 21.3. The van der Waals surface area contributed by atoms with Crippen LogP contribution in [0.15, 0.2) is 71.9 Å². The molecule has 0 unspecified atom stereocenters. The zero-order valence-corrected chi connectivity index (χ0v) is 16.6. The molecule has 0 saturated heterocycles. The van der Waals surface area contributed by atoms with Gasteiger partial charge >= 0.3 is 5.97 Å². The van der Waals surface area contributed by atoms with Crippen molar-refractivity contribution >= 4 is 17.7 Å². The number of guanidine groups is 1. The molecule has 154 valence electrons. The number of nitrogens with zero attached hydrogens (tertiary/aromatic N) is 2. The number of methoxy groups -OCH3 is 1. The Kier molecular flexibility index (Phi) is 6.94. The van der Waals surface area contributed by atoms with E-state index >= 15 is 0 Å². The van der Waals surface area contributed by atoms with E-state index in [-0.39, 0.29) is 18.3 Å². The van der Waals surface area contributed by atoms with Gasteiger partial charge in [0.05, 0.1) is 13.7 Å². The Labute approximate surface area is 173 Å². The molecular formula is C22H21FN4O3. The lowest BCUT2D eigenvalue weighted by molar-refractivity contribution is -0.145. The van der Waals surface area contributed by atoms with Gasteiger partial charge in [-0.25, -0.2) is 14.4 Å². The van der Waals surface area contributed by atoms with Crippen molar-refractivity contribution in [2.45, 2.75) is 13.5 Å². The zero-order valence-electron chi connectivity index (χ0n) is 16.6. The minimum atomic E-state index is -0.519. The monoisotopic (exact) mass is 408 g/mol. The number of hydrogen-bond donors (Lipinski definition) is 2. The number of carbonyl (C=O) groups is 1. The first-order chi connectivity index (χ1) is 14.5. The second-order valence-electron chi connectivity index (χ2n) is 6.23. The quantitative estimate of drug-likeness (QED) is 0.378. The number of aliphatic imine (C=N–C) groups is 1. The Balaban J connectivity index is 1.81. The van der Waals surface area contributed by atoms with Crippen molar-refractivity contribution in [1.82, 2.24) is 10.5 Å². The summed E-state index contributed by atoms with van der Waals surface area (Å²) >= 11 is 0. The van der Waals surface area contributed by atoms with Crippen molar-refractivity contribution in [3.63, 3.8) is 0 Å². The Morgan fingerprint density at radius 1 is 1.10 bits per heavy atom. The molecule has 0 fully saturated rings. The lowest BCUT2D eigenvalue weighted by Crippen LogP contribution is -2.32. The highest BCUT2D eigenvalue weighted by Gasteiger charge is 2.07. The maximum absolute atomic E-state index is 13.2. The van der Waals surface area contributed by atoms with Gasteiger partial charge in [-0.2, -0.15) is 5.48 Å². The summed E-state index contributed by atoms with van der Waals surface area (Å²) in [6.45, 7) is 1.55. The van der Waals surface area contributed by atoms with Crippen molar-refractivity contribution in [3.8, 4) is 16.9 Å². The van der Waals surface area contributed by atoms with Crippen molar-refractivity contribution in [3.05, 3.63) is 78.2 Å². The molecule has 1 heterocycles. The van der Waals surface area contributed by atoms with E-state index in [9.17, 15) is 9.18 Å². The predicted octanol–water partition coefficient (Wildman–Crippen LogP) is 3.93. The van der Waals surface area contributed by atoms with E-state index in [4.69, 9.17) is 9.57 Å². The standard InChI is InChI=1S/C22H21FN4O3/c1-15(28)30-27-22(25-14-18-5-3-4-6-20(18)29-2)26-21-13-17(11-12-24-21)16-7-9-19(23)10-8-16/h3-13H,14H2,1-2H3,(H2,24,25,26,27). The van der Waals surface area contributed by atoms with Crippen LogP contribution in [0.25, 0.3) is 11.1 Å². The molecule has 8 heteroatoms. The number of pyridine rings is 1. The van der Waals surface area contributed by atoms with Gasteiger partial charge in [0.1, 0.15) is 17.4 Å². The van der Waals surface area contributed by atoms with E-state index < -0.39 is 5.97 Å². The number of anilines is 1. The summed E-state index contributed by atoms with van der Waals surface area (Å²) < 4.78 is 18.5. The summed E-state index contributed by atoms with van der Waals surface area (Å²) in [6.07, 6.45) is 1.62. The fourth-order valence-electron chi connectivity index (χ4n) is 2.66. The van der Waals surface area contributed by atoms with Gasteiger partial charge in [0.15, 0.2) is 0 Å². The summed E-state index contributed by atoms with van der Waals surface area (Å²) in [5, 5.41) is 3.00. The second kappa shape index (κ2) is 10.0. The molecule has 0 atom stereocenters. The van der Waals surface area contributed by atoms with Gasteiger partial charge in [-0.3, -0.25) is 4.79 Å². The third kappa shape index (κ3) is 5.78. The van der Waals surface area contributed by atoms with Gasteiger partial charge in [0.2, 0.25) is 5.96 Å². The first-order valence-corrected chi connectivity index (χ1v) is 9.14. The third-order valence-electron chi connectivity index (χ3n) is 4.08. The van der Waals surface area contributed by atoms with E-state index in [1.54, 1.807) is 31.5 Å². The number of carbonyl (C=O) groups excluding carboxylic acids is 1. The molecule has 30 heavy (non-hydrogen) atoms. The molecule has 0 aliphatic heterocycles. The molecule has 2 aromatic carbocycles. The molecule has 3 rings (SSSR count). The highest BCUT2D eigenvalue weighted by molar-refractivity contribution is 5.93. The SMILES string of the molecule is COc1ccccc1CN=C(NOC(C)=O)Nc1cc(-c2ccc(F)cc2)ccn1. The molecule has 0 spiro atoms. The summed E-state index contributed by atoms with van der Waals surface area (Å²) in [4.78, 5) is 24.8. The van der Waals surface area contributed by atoms with Crippen LogP contribution in [0.4, 0.5) is 10.2 Å². The maximum Gasteiger partial charge on any atom is 0.329 e. The lowest BCUT2D eigenvalue weighted by Gasteiger charge is -2.12. The topological polar surface area (TPSA) is 84.8 Å². The van der Waals surface area contributed by atoms with Gasteiger partial charge in [0.25, 0.3) is 0 Å². The number of halogens is 1. The average molecular weight is 408 g/mol. The van der Waals surface area contributed by atoms with Crippen LogP contribution in [0.5, 0.6) is 5.75 Å². The van der Waals surface area contributed by atoms with E-state index in [0.717, 1.165) is 16.7 Å². The van der Waals surface area contributed by atoms with Crippen LogP contribution in [-0.4, -0.2) is 24.0 Å². The molecule has 2 N–H and O–H groups in total.